The van der Waals surface area contributed by atoms with Crippen molar-refractivity contribution in [1.29, 1.82) is 0 Å². The van der Waals surface area contributed by atoms with Crippen LogP contribution in [0.25, 0.3) is 0 Å². The largest absolute Gasteiger partial charge is 0.473 e. The number of Topliss-reactive ketones (excluding diaryl/α,β-unsaturated/α-hetero) is 2. The highest BCUT2D eigenvalue weighted by atomic mass is 32.1. The van der Waals surface area contributed by atoms with Crippen LogP contribution in [-0.2, 0) is 16.0 Å². The van der Waals surface area contributed by atoms with E-state index in [1.54, 1.807) is 23.5 Å². The fourth-order valence-electron chi connectivity index (χ4n) is 4.09. The second-order valence-electron chi connectivity index (χ2n) is 7.91. The van der Waals surface area contributed by atoms with Gasteiger partial charge in [-0.25, -0.2) is 14.0 Å². The molecular weight excluding hydrogens is 437 g/mol. The number of carbonyl (C=O) groups excluding carboxylic acids is 2. The Labute approximate surface area is 188 Å². The number of carboxylic acids is 2. The minimum Gasteiger partial charge on any atom is -0.473 e. The van der Waals surface area contributed by atoms with Crippen LogP contribution in [0, 0.1) is 17.7 Å². The number of thiophene rings is 1. The normalized spacial score (nSPS) is 18.5. The number of rotatable bonds is 5. The van der Waals surface area contributed by atoms with Gasteiger partial charge in [0.1, 0.15) is 5.82 Å². The van der Waals surface area contributed by atoms with Crippen LogP contribution < -0.4 is 0 Å². The summed E-state index contributed by atoms with van der Waals surface area (Å²) < 4.78 is 13.0. The van der Waals surface area contributed by atoms with E-state index in [1.165, 1.54) is 17.0 Å². The van der Waals surface area contributed by atoms with E-state index in [4.69, 9.17) is 19.8 Å². The van der Waals surface area contributed by atoms with Gasteiger partial charge in [-0.1, -0.05) is 0 Å². The average Bonchev–Trinajstić information content (AvgIpc) is 3.36. The zero-order valence-electron chi connectivity index (χ0n) is 17.3. The maximum absolute atomic E-state index is 13.0. The molecule has 0 spiro atoms. The Balaban J connectivity index is 0.000000427. The van der Waals surface area contributed by atoms with E-state index in [-0.39, 0.29) is 23.4 Å². The molecule has 1 aromatic carbocycles. The summed E-state index contributed by atoms with van der Waals surface area (Å²) in [5.41, 5.74) is 1.54. The number of ketones is 2. The number of fused-ring (bicyclic) bond motifs is 1. The molecule has 0 saturated carbocycles. The SMILES string of the molecule is O=C(O)C(=O)O.O=C(c1ccc(F)cc1)C1CCN(CCC2Cc3sccc3C2=O)CC1. The van der Waals surface area contributed by atoms with Gasteiger partial charge >= 0.3 is 11.9 Å². The molecule has 1 fully saturated rings. The Kier molecular flexibility index (Phi) is 7.87. The van der Waals surface area contributed by atoms with E-state index in [2.05, 4.69) is 4.90 Å². The zero-order valence-corrected chi connectivity index (χ0v) is 18.1. The summed E-state index contributed by atoms with van der Waals surface area (Å²) in [4.78, 5) is 46.7. The highest BCUT2D eigenvalue weighted by Crippen LogP contribution is 2.33. The van der Waals surface area contributed by atoms with Gasteiger partial charge in [-0.15, -0.1) is 11.3 Å². The molecular formula is C23H24FNO6S. The highest BCUT2D eigenvalue weighted by molar-refractivity contribution is 7.10. The molecule has 1 unspecified atom stereocenters. The third-order valence-corrected chi connectivity index (χ3v) is 6.82. The smallest absolute Gasteiger partial charge is 0.414 e. The lowest BCUT2D eigenvalue weighted by Gasteiger charge is -2.31. The molecule has 4 rings (SSSR count). The molecule has 1 aromatic heterocycles. The van der Waals surface area contributed by atoms with Crippen molar-refractivity contribution in [3.63, 3.8) is 0 Å². The molecule has 2 N–H and O–H groups in total. The van der Waals surface area contributed by atoms with Crippen molar-refractivity contribution in [2.75, 3.05) is 19.6 Å². The third kappa shape index (κ3) is 5.86. The molecule has 1 aliphatic carbocycles. The van der Waals surface area contributed by atoms with Gasteiger partial charge in [-0.05, 0) is 81.0 Å². The van der Waals surface area contributed by atoms with Crippen molar-refractivity contribution < 1.29 is 33.8 Å². The van der Waals surface area contributed by atoms with Crippen molar-refractivity contribution in [3.8, 4) is 0 Å². The van der Waals surface area contributed by atoms with Gasteiger partial charge in [0.2, 0.25) is 0 Å². The van der Waals surface area contributed by atoms with Gasteiger partial charge in [0.25, 0.3) is 0 Å². The standard InChI is InChI=1S/C21H22FNO2S.C2H2O4/c22-17-3-1-14(2-4-17)20(24)15-5-9-23(10-6-15)11-7-16-13-19-18(21(16)25)8-12-26-19;3-1(4)2(5)6/h1-4,8,12,15-16H,5-7,9-11,13H2;(H,3,4)(H,5,6). The van der Waals surface area contributed by atoms with Crippen LogP contribution >= 0.6 is 11.3 Å². The van der Waals surface area contributed by atoms with Crippen LogP contribution in [0.4, 0.5) is 4.39 Å². The zero-order chi connectivity index (χ0) is 23.3. The number of hydrogen-bond acceptors (Lipinski definition) is 6. The first-order valence-corrected chi connectivity index (χ1v) is 11.2. The van der Waals surface area contributed by atoms with Crippen LogP contribution in [0.1, 0.15) is 44.9 Å². The fraction of sp³-hybridized carbons (Fsp3) is 0.391. The minimum absolute atomic E-state index is 0.0248. The average molecular weight is 462 g/mol. The molecule has 2 aliphatic rings. The van der Waals surface area contributed by atoms with Gasteiger partial charge < -0.3 is 15.1 Å². The summed E-state index contributed by atoms with van der Waals surface area (Å²) in [6, 6.07) is 7.80. The number of nitrogens with zero attached hydrogens (tertiary/aromatic N) is 1. The number of hydrogen-bond donors (Lipinski definition) is 2. The molecule has 0 bridgehead atoms. The van der Waals surface area contributed by atoms with Gasteiger partial charge in [-0.2, -0.15) is 0 Å². The first-order valence-electron chi connectivity index (χ1n) is 10.3. The lowest BCUT2D eigenvalue weighted by atomic mass is 9.88. The maximum atomic E-state index is 13.0. The maximum Gasteiger partial charge on any atom is 0.414 e. The summed E-state index contributed by atoms with van der Waals surface area (Å²) >= 11 is 1.69. The lowest BCUT2D eigenvalue weighted by molar-refractivity contribution is -0.159. The Morgan fingerprint density at radius 2 is 1.66 bits per heavy atom. The molecule has 32 heavy (non-hydrogen) atoms. The Hall–Kier alpha value is -2.91. The van der Waals surface area contributed by atoms with Crippen molar-refractivity contribution in [1.82, 2.24) is 4.90 Å². The first-order chi connectivity index (χ1) is 15.3. The summed E-state index contributed by atoms with van der Waals surface area (Å²) in [5.74, 6) is -3.37. The highest BCUT2D eigenvalue weighted by Gasteiger charge is 2.32. The molecule has 2 aromatic rings. The lowest BCUT2D eigenvalue weighted by Crippen LogP contribution is -2.37. The minimum atomic E-state index is -1.82. The molecule has 170 valence electrons. The number of likely N-dealkylation sites (tertiary alicyclic amines) is 1. The van der Waals surface area contributed by atoms with E-state index >= 15 is 0 Å². The molecule has 9 heteroatoms. The quantitative estimate of drug-likeness (QED) is 0.519. The fourth-order valence-corrected chi connectivity index (χ4v) is 5.06. The number of halogens is 1. The van der Waals surface area contributed by atoms with Gasteiger partial charge in [0.15, 0.2) is 11.6 Å². The molecule has 1 saturated heterocycles. The Bertz CT molecular complexity index is 982. The summed E-state index contributed by atoms with van der Waals surface area (Å²) in [7, 11) is 0. The van der Waals surface area contributed by atoms with Crippen molar-refractivity contribution in [2.45, 2.75) is 25.7 Å². The summed E-state index contributed by atoms with van der Waals surface area (Å²) in [5, 5.41) is 16.8. The molecule has 0 radical (unpaired) electrons. The van der Waals surface area contributed by atoms with E-state index in [0.717, 1.165) is 50.9 Å². The van der Waals surface area contributed by atoms with Crippen LogP contribution in [0.3, 0.4) is 0 Å². The third-order valence-electron chi connectivity index (χ3n) is 5.88. The number of aliphatic carboxylic acids is 2. The Morgan fingerprint density at radius 3 is 2.22 bits per heavy atom. The second kappa shape index (κ2) is 10.6. The molecule has 2 heterocycles. The number of carbonyl (C=O) groups is 4. The van der Waals surface area contributed by atoms with Crippen molar-refractivity contribution in [3.05, 3.63) is 57.5 Å². The summed E-state index contributed by atoms with van der Waals surface area (Å²) in [6.45, 7) is 2.70. The van der Waals surface area contributed by atoms with E-state index in [1.807, 2.05) is 11.4 Å². The number of piperidine rings is 1. The van der Waals surface area contributed by atoms with Crippen molar-refractivity contribution in [2.24, 2.45) is 11.8 Å². The monoisotopic (exact) mass is 461 g/mol. The van der Waals surface area contributed by atoms with E-state index < -0.39 is 11.9 Å². The molecule has 7 nitrogen and oxygen atoms in total. The first kappa shape index (κ1) is 23.7. The van der Waals surface area contributed by atoms with Gasteiger partial charge in [-0.3, -0.25) is 9.59 Å². The predicted molar refractivity (Wildman–Crippen MR) is 116 cm³/mol. The number of benzene rings is 1. The van der Waals surface area contributed by atoms with Gasteiger partial charge in [0.05, 0.1) is 0 Å². The summed E-state index contributed by atoms with van der Waals surface area (Å²) in [6.07, 6.45) is 3.46. The Morgan fingerprint density at radius 1 is 1.03 bits per heavy atom. The topological polar surface area (TPSA) is 112 Å². The molecule has 0 amide bonds. The van der Waals surface area contributed by atoms with Gasteiger partial charge in [0, 0.05) is 27.8 Å². The number of carboxylic acid groups (broad SMARTS) is 2. The van der Waals surface area contributed by atoms with E-state index in [0.29, 0.717) is 11.3 Å². The van der Waals surface area contributed by atoms with Crippen LogP contribution in [0.2, 0.25) is 0 Å². The second-order valence-corrected chi connectivity index (χ2v) is 8.91. The molecule has 1 atom stereocenters. The van der Waals surface area contributed by atoms with E-state index in [9.17, 15) is 14.0 Å². The van der Waals surface area contributed by atoms with Crippen molar-refractivity contribution >= 4 is 34.8 Å². The van der Waals surface area contributed by atoms with Crippen LogP contribution in [0.5, 0.6) is 0 Å². The van der Waals surface area contributed by atoms with Crippen LogP contribution in [0.15, 0.2) is 35.7 Å². The van der Waals surface area contributed by atoms with Crippen LogP contribution in [-0.4, -0.2) is 58.3 Å². The predicted octanol–water partition coefficient (Wildman–Crippen LogP) is 3.38. The molecule has 1 aliphatic heterocycles.